The van der Waals surface area contributed by atoms with E-state index in [-0.39, 0.29) is 27.2 Å². The summed E-state index contributed by atoms with van der Waals surface area (Å²) in [5.41, 5.74) is 18.9. The molecule has 4 bridgehead atoms. The van der Waals surface area contributed by atoms with Crippen molar-refractivity contribution >= 4 is 83.6 Å². The summed E-state index contributed by atoms with van der Waals surface area (Å²) >= 11 is 0. The van der Waals surface area contributed by atoms with Gasteiger partial charge in [-0.2, -0.15) is 0 Å². The van der Waals surface area contributed by atoms with E-state index in [4.69, 9.17) is 45.8 Å². The lowest BCUT2D eigenvalue weighted by molar-refractivity contribution is -0.0399. The quantitative estimate of drug-likeness (QED) is 0.120. The molecule has 2 spiro atoms. The zero-order chi connectivity index (χ0) is 43.1. The molecule has 7 aliphatic rings. The summed E-state index contributed by atoms with van der Waals surface area (Å²) in [6.07, 6.45) is 11.4. The van der Waals surface area contributed by atoms with Gasteiger partial charge in [0, 0.05) is 27.9 Å². The predicted octanol–water partition coefficient (Wildman–Crippen LogP) is 9.18. The molecule has 5 fully saturated rings. The summed E-state index contributed by atoms with van der Waals surface area (Å²) in [4.78, 5) is 2.49. The molecule has 0 amide bonds. The van der Waals surface area contributed by atoms with Crippen LogP contribution in [0.25, 0.3) is 33.4 Å². The highest BCUT2D eigenvalue weighted by atomic mass is 15.1. The summed E-state index contributed by atoms with van der Waals surface area (Å²) in [5, 5.41) is 0. The van der Waals surface area contributed by atoms with Crippen molar-refractivity contribution < 1.29 is 0 Å². The zero-order valence-electron chi connectivity index (χ0n) is 36.8. The molecule has 6 aromatic carbocycles. The molecule has 0 aliphatic heterocycles. The van der Waals surface area contributed by atoms with Crippen LogP contribution in [0.5, 0.6) is 0 Å². The minimum absolute atomic E-state index is 0.0442. The molecule has 0 aromatic heterocycles. The third-order valence-corrected chi connectivity index (χ3v) is 17.6. The Balaban J connectivity index is 1.07. The Labute approximate surface area is 381 Å². The Morgan fingerprint density at radius 3 is 1.63 bits per heavy atom. The number of hydrogen-bond acceptors (Lipinski definition) is 1. The molecule has 63 heavy (non-hydrogen) atoms. The second-order valence-corrected chi connectivity index (χ2v) is 20.3. The van der Waals surface area contributed by atoms with E-state index < -0.39 is 0 Å². The second kappa shape index (κ2) is 14.3. The van der Waals surface area contributed by atoms with Gasteiger partial charge in [0.1, 0.15) is 39.2 Å². The van der Waals surface area contributed by atoms with E-state index in [1.54, 1.807) is 5.56 Å². The Morgan fingerprint density at radius 1 is 0.524 bits per heavy atom. The molecule has 298 valence electrons. The molecule has 5 saturated carbocycles. The van der Waals surface area contributed by atoms with E-state index in [0.717, 1.165) is 41.6 Å². The number of allylic oxidation sites excluding steroid dienone is 1. The van der Waals surface area contributed by atoms with Crippen molar-refractivity contribution in [3.05, 3.63) is 144 Å². The highest BCUT2D eigenvalue weighted by molar-refractivity contribution is 6.68. The summed E-state index contributed by atoms with van der Waals surface area (Å²) in [6, 6.07) is 41.8. The second-order valence-electron chi connectivity index (χ2n) is 20.3. The topological polar surface area (TPSA) is 3.24 Å². The normalized spacial score (nSPS) is 28.0. The number of hydrogen-bond donors (Lipinski definition) is 0. The van der Waals surface area contributed by atoms with Crippen LogP contribution in [-0.2, 0) is 10.8 Å². The maximum absolute atomic E-state index is 6.62. The molecule has 7 aliphatic carbocycles. The first-order valence-corrected chi connectivity index (χ1v) is 23.7. The summed E-state index contributed by atoms with van der Waals surface area (Å²) in [6.45, 7) is 9.73. The fourth-order valence-electron chi connectivity index (χ4n) is 15.2. The van der Waals surface area contributed by atoms with Crippen LogP contribution in [0.2, 0.25) is 0 Å². The zero-order valence-corrected chi connectivity index (χ0v) is 36.8. The molecule has 10 radical (unpaired) electrons. The fraction of sp³-hybridized carbons (Fsp3) is 0.333. The Kier molecular flexibility index (Phi) is 9.05. The van der Waals surface area contributed by atoms with E-state index in [0.29, 0.717) is 40.2 Å². The maximum Gasteiger partial charge on any atom is 0.113 e. The van der Waals surface area contributed by atoms with Crippen molar-refractivity contribution in [2.24, 2.45) is 35.5 Å². The van der Waals surface area contributed by atoms with E-state index in [1.807, 2.05) is 0 Å². The molecule has 6 heteroatoms. The SMILES string of the molecule is [B]c1c([B])c([B])c(-c2ccc(N(c3ccc4c(c3)C3(C(=C)CC(CC)CC3CC)c3ccccc3-4)c3ccc4c(c3)C3(c5ccccc5-4)C4CC5CC(C4)CC3C5)cc2)c([B])c1[B]. The number of anilines is 3. The van der Waals surface area contributed by atoms with Crippen LogP contribution in [0.3, 0.4) is 0 Å². The average Bonchev–Trinajstić information content (AvgIpc) is 3.76. The van der Waals surface area contributed by atoms with E-state index >= 15 is 0 Å². The maximum atomic E-state index is 6.62. The summed E-state index contributed by atoms with van der Waals surface area (Å²) in [7, 11) is 32.2. The molecule has 3 atom stereocenters. The highest BCUT2D eigenvalue weighted by Gasteiger charge is 2.61. The van der Waals surface area contributed by atoms with Gasteiger partial charge in [-0.3, -0.25) is 0 Å². The lowest BCUT2D eigenvalue weighted by Gasteiger charge is -2.61. The van der Waals surface area contributed by atoms with Crippen molar-refractivity contribution in [2.45, 2.75) is 82.5 Å². The van der Waals surface area contributed by atoms with Crippen molar-refractivity contribution in [3.63, 3.8) is 0 Å². The number of rotatable bonds is 6. The molecule has 13 rings (SSSR count). The number of fused-ring (bicyclic) bond motifs is 8. The van der Waals surface area contributed by atoms with Gasteiger partial charge in [-0.15, -0.1) is 16.4 Å². The molecule has 1 nitrogen and oxygen atoms in total. The third kappa shape index (κ3) is 5.30. The summed E-state index contributed by atoms with van der Waals surface area (Å²) in [5.74, 6) is 4.20. The van der Waals surface area contributed by atoms with Crippen LogP contribution in [-0.4, -0.2) is 39.2 Å². The highest BCUT2D eigenvalue weighted by Crippen LogP contribution is 2.70. The van der Waals surface area contributed by atoms with Crippen LogP contribution in [0.4, 0.5) is 17.1 Å². The predicted molar refractivity (Wildman–Crippen MR) is 269 cm³/mol. The van der Waals surface area contributed by atoms with Gasteiger partial charge in [0.25, 0.3) is 0 Å². The van der Waals surface area contributed by atoms with E-state index in [1.165, 1.54) is 95.2 Å². The smallest absolute Gasteiger partial charge is 0.113 e. The van der Waals surface area contributed by atoms with Crippen molar-refractivity contribution in [2.75, 3.05) is 4.90 Å². The van der Waals surface area contributed by atoms with Crippen molar-refractivity contribution in [1.29, 1.82) is 0 Å². The molecule has 6 aromatic rings. The van der Waals surface area contributed by atoms with Crippen molar-refractivity contribution in [1.82, 2.24) is 0 Å². The Morgan fingerprint density at radius 2 is 1.03 bits per heavy atom. The Hall–Kier alpha value is -4.82. The first-order chi connectivity index (χ1) is 30.6. The molecule has 0 saturated heterocycles. The van der Waals surface area contributed by atoms with Crippen molar-refractivity contribution in [3.8, 4) is 33.4 Å². The van der Waals surface area contributed by atoms with Gasteiger partial charge in [0.2, 0.25) is 0 Å². The standard InChI is InChI=1S/C57H50B5N/c1-4-32-22-31(3)56(36(5-2)24-32)46-12-8-6-10-42(46)44-20-18-40(29-48(44)56)63(39-16-14-35(15-17-39)50-51(58)53(60)55(62)54(61)52(50)59)41-19-21-45-43-11-7-9-13-47(43)57(49(45)30-41)37-25-33-23-34(27-37)28-38(57)26-33/h6-21,29-30,32-34,36-38H,3-5,22-28H2,1-2H3. The summed E-state index contributed by atoms with van der Waals surface area (Å²) < 4.78 is 0. The van der Waals surface area contributed by atoms with E-state index in [2.05, 4.69) is 128 Å². The monoisotopic (exact) mass is 803 g/mol. The van der Waals surface area contributed by atoms with Gasteiger partial charge in [-0.05, 0) is 172 Å². The molecular formula is C57H50B5N. The van der Waals surface area contributed by atoms with Gasteiger partial charge in [-0.1, -0.05) is 123 Å². The van der Waals surface area contributed by atoms with Crippen LogP contribution in [0, 0.1) is 35.5 Å². The fourth-order valence-corrected chi connectivity index (χ4v) is 15.2. The van der Waals surface area contributed by atoms with Gasteiger partial charge >= 0.3 is 0 Å². The van der Waals surface area contributed by atoms with Gasteiger partial charge in [-0.25, -0.2) is 0 Å². The first-order valence-electron chi connectivity index (χ1n) is 23.7. The lowest BCUT2D eigenvalue weighted by Crippen LogP contribution is -2.55. The number of nitrogens with zero attached hydrogens (tertiary/aromatic N) is 1. The van der Waals surface area contributed by atoms with Gasteiger partial charge in [0.15, 0.2) is 0 Å². The first kappa shape index (κ1) is 39.8. The van der Waals surface area contributed by atoms with Gasteiger partial charge < -0.3 is 4.90 Å². The van der Waals surface area contributed by atoms with Crippen LogP contribution >= 0.6 is 0 Å². The average molecular weight is 803 g/mol. The molecular weight excluding hydrogens is 753 g/mol. The molecule has 0 heterocycles. The minimum atomic E-state index is -0.244. The van der Waals surface area contributed by atoms with Crippen LogP contribution in [0.15, 0.2) is 121 Å². The molecule has 0 N–H and O–H groups in total. The van der Waals surface area contributed by atoms with Crippen LogP contribution in [0.1, 0.15) is 93.9 Å². The minimum Gasteiger partial charge on any atom is -0.310 e. The molecule has 3 unspecified atom stereocenters. The van der Waals surface area contributed by atoms with Crippen LogP contribution < -0.4 is 32.2 Å². The van der Waals surface area contributed by atoms with E-state index in [9.17, 15) is 0 Å². The van der Waals surface area contributed by atoms with Gasteiger partial charge in [0.05, 0.1) is 0 Å². The number of benzene rings is 6. The Bertz CT molecular complexity index is 2840. The lowest BCUT2D eigenvalue weighted by atomic mass is 9.43. The third-order valence-electron chi connectivity index (χ3n) is 17.6. The largest absolute Gasteiger partial charge is 0.310 e.